The van der Waals surface area contributed by atoms with Crippen LogP contribution in [-0.2, 0) is 6.54 Å². The third kappa shape index (κ3) is 7.04. The molecule has 0 spiro atoms. The average Bonchev–Trinajstić information content (AvgIpc) is 2.59. The van der Waals surface area contributed by atoms with Crippen LogP contribution in [0, 0.1) is 13.8 Å². The van der Waals surface area contributed by atoms with Crippen LogP contribution in [0.15, 0.2) is 23.2 Å². The maximum atomic E-state index is 9.56. The van der Waals surface area contributed by atoms with Crippen molar-refractivity contribution in [1.29, 1.82) is 0 Å². The number of hydrogen-bond donors (Lipinski definition) is 3. The second-order valence-corrected chi connectivity index (χ2v) is 6.98. The lowest BCUT2D eigenvalue weighted by molar-refractivity contribution is 0.0823. The fourth-order valence-electron chi connectivity index (χ4n) is 3.18. The molecule has 1 aromatic carbocycles. The van der Waals surface area contributed by atoms with Gasteiger partial charge in [0.2, 0.25) is 0 Å². The van der Waals surface area contributed by atoms with Crippen molar-refractivity contribution in [2.75, 3.05) is 32.7 Å². The van der Waals surface area contributed by atoms with Gasteiger partial charge >= 0.3 is 0 Å². The number of rotatable bonds is 7. The second kappa shape index (κ2) is 10.4. The van der Waals surface area contributed by atoms with Gasteiger partial charge in [-0.05, 0) is 57.7 Å². The Morgan fingerprint density at radius 3 is 2.68 bits per heavy atom. The molecule has 25 heavy (non-hydrogen) atoms. The molecule has 3 N–H and O–H groups in total. The summed E-state index contributed by atoms with van der Waals surface area (Å²) in [6, 6.07) is 6.52. The maximum Gasteiger partial charge on any atom is 0.191 e. The molecule has 1 aliphatic heterocycles. The Labute approximate surface area is 152 Å². The number of aliphatic hydroxyl groups excluding tert-OH is 1. The van der Waals surface area contributed by atoms with E-state index < -0.39 is 0 Å². The highest BCUT2D eigenvalue weighted by Gasteiger charge is 2.15. The lowest BCUT2D eigenvalue weighted by Crippen LogP contribution is -2.40. The topological polar surface area (TPSA) is 59.9 Å². The highest BCUT2D eigenvalue weighted by molar-refractivity contribution is 5.79. The predicted octanol–water partition coefficient (Wildman–Crippen LogP) is 2.21. The molecule has 0 bridgehead atoms. The summed E-state index contributed by atoms with van der Waals surface area (Å²) >= 11 is 0. The van der Waals surface area contributed by atoms with Crippen molar-refractivity contribution in [2.24, 2.45) is 4.99 Å². The fourth-order valence-corrected chi connectivity index (χ4v) is 3.18. The number of hydrogen-bond acceptors (Lipinski definition) is 3. The van der Waals surface area contributed by atoms with Crippen LogP contribution in [0.3, 0.4) is 0 Å². The molecular weight excluding hydrogens is 312 g/mol. The molecule has 2 rings (SSSR count). The number of aliphatic hydroxyl groups is 1. The third-order valence-electron chi connectivity index (χ3n) is 4.75. The molecule has 0 saturated carbocycles. The zero-order valence-corrected chi connectivity index (χ0v) is 16.0. The van der Waals surface area contributed by atoms with Crippen LogP contribution < -0.4 is 10.6 Å². The second-order valence-electron chi connectivity index (χ2n) is 6.98. The SMILES string of the molecule is CCNC(=NCc1ccc(C)cc1C)NCCCN1CCC(O)CC1. The summed E-state index contributed by atoms with van der Waals surface area (Å²) in [5.74, 6) is 0.886. The molecule has 1 saturated heterocycles. The van der Waals surface area contributed by atoms with Crippen LogP contribution in [-0.4, -0.2) is 54.8 Å². The highest BCUT2D eigenvalue weighted by Crippen LogP contribution is 2.11. The number of nitrogens with one attached hydrogen (secondary N) is 2. The molecule has 1 aliphatic rings. The molecule has 1 heterocycles. The van der Waals surface area contributed by atoms with Gasteiger partial charge in [0.15, 0.2) is 5.96 Å². The van der Waals surface area contributed by atoms with Crippen molar-refractivity contribution in [3.63, 3.8) is 0 Å². The van der Waals surface area contributed by atoms with Gasteiger partial charge in [-0.3, -0.25) is 0 Å². The van der Waals surface area contributed by atoms with Gasteiger partial charge in [-0.15, -0.1) is 0 Å². The van der Waals surface area contributed by atoms with E-state index in [2.05, 4.69) is 54.5 Å². The van der Waals surface area contributed by atoms with E-state index in [0.717, 1.165) is 57.9 Å². The molecule has 1 fully saturated rings. The van der Waals surface area contributed by atoms with Crippen molar-refractivity contribution in [1.82, 2.24) is 15.5 Å². The van der Waals surface area contributed by atoms with E-state index >= 15 is 0 Å². The summed E-state index contributed by atoms with van der Waals surface area (Å²) in [5, 5.41) is 16.3. The highest BCUT2D eigenvalue weighted by atomic mass is 16.3. The Morgan fingerprint density at radius 2 is 2.00 bits per heavy atom. The smallest absolute Gasteiger partial charge is 0.191 e. The Hall–Kier alpha value is -1.59. The van der Waals surface area contributed by atoms with E-state index in [0.29, 0.717) is 6.54 Å². The van der Waals surface area contributed by atoms with E-state index in [1.165, 1.54) is 16.7 Å². The standard InChI is InChI=1S/C20H34N4O/c1-4-21-20(23-15-18-7-6-16(2)14-17(18)3)22-10-5-11-24-12-8-19(25)9-13-24/h6-7,14,19,25H,4-5,8-13,15H2,1-3H3,(H2,21,22,23). The van der Waals surface area contributed by atoms with Crippen molar-refractivity contribution in [3.05, 3.63) is 34.9 Å². The first-order valence-electron chi connectivity index (χ1n) is 9.57. The maximum absolute atomic E-state index is 9.56. The quantitative estimate of drug-likeness (QED) is 0.402. The summed E-state index contributed by atoms with van der Waals surface area (Å²) in [4.78, 5) is 7.15. The zero-order chi connectivity index (χ0) is 18.1. The van der Waals surface area contributed by atoms with Gasteiger partial charge in [-0.2, -0.15) is 0 Å². The number of aryl methyl sites for hydroxylation is 2. The molecule has 0 unspecified atom stereocenters. The molecule has 1 aromatic rings. The van der Waals surface area contributed by atoms with Crippen molar-refractivity contribution < 1.29 is 5.11 Å². The molecule has 0 aromatic heterocycles. The van der Waals surface area contributed by atoms with Crippen LogP contribution in [0.1, 0.15) is 42.9 Å². The zero-order valence-electron chi connectivity index (χ0n) is 16.0. The summed E-state index contributed by atoms with van der Waals surface area (Å²) in [6.07, 6.45) is 2.82. The van der Waals surface area contributed by atoms with Crippen molar-refractivity contribution in [3.8, 4) is 0 Å². The Balaban J connectivity index is 1.75. The van der Waals surface area contributed by atoms with E-state index in [9.17, 15) is 5.11 Å². The average molecular weight is 347 g/mol. The monoisotopic (exact) mass is 346 g/mol. The minimum Gasteiger partial charge on any atom is -0.393 e. The summed E-state index contributed by atoms with van der Waals surface area (Å²) in [5.41, 5.74) is 3.86. The molecule has 5 nitrogen and oxygen atoms in total. The first-order valence-corrected chi connectivity index (χ1v) is 9.57. The van der Waals surface area contributed by atoms with Gasteiger partial charge in [-0.1, -0.05) is 23.8 Å². The van der Waals surface area contributed by atoms with Gasteiger partial charge < -0.3 is 20.6 Å². The molecule has 0 amide bonds. The van der Waals surface area contributed by atoms with E-state index in [1.54, 1.807) is 0 Å². The number of guanidine groups is 1. The largest absolute Gasteiger partial charge is 0.393 e. The Kier molecular flexibility index (Phi) is 8.22. The first-order chi connectivity index (χ1) is 12.1. The molecule has 0 atom stereocenters. The predicted molar refractivity (Wildman–Crippen MR) is 105 cm³/mol. The molecule has 5 heteroatoms. The summed E-state index contributed by atoms with van der Waals surface area (Å²) < 4.78 is 0. The van der Waals surface area contributed by atoms with Gasteiger partial charge in [0.1, 0.15) is 0 Å². The first kappa shape index (κ1) is 19.7. The number of nitrogens with zero attached hydrogens (tertiary/aromatic N) is 2. The summed E-state index contributed by atoms with van der Waals surface area (Å²) in [7, 11) is 0. The van der Waals surface area contributed by atoms with Gasteiger partial charge in [0.05, 0.1) is 12.6 Å². The number of benzene rings is 1. The van der Waals surface area contributed by atoms with E-state index in [-0.39, 0.29) is 6.10 Å². The van der Waals surface area contributed by atoms with Gasteiger partial charge in [0.25, 0.3) is 0 Å². The number of piperidine rings is 1. The Bertz CT molecular complexity index is 551. The molecular formula is C20H34N4O. The van der Waals surface area contributed by atoms with Crippen LogP contribution in [0.4, 0.5) is 0 Å². The van der Waals surface area contributed by atoms with Crippen LogP contribution in [0.2, 0.25) is 0 Å². The number of aliphatic imine (C=N–C) groups is 1. The minimum atomic E-state index is -0.0907. The lowest BCUT2D eigenvalue weighted by atomic mass is 10.1. The minimum absolute atomic E-state index is 0.0907. The third-order valence-corrected chi connectivity index (χ3v) is 4.75. The van der Waals surface area contributed by atoms with Crippen LogP contribution in [0.25, 0.3) is 0 Å². The van der Waals surface area contributed by atoms with E-state index in [4.69, 9.17) is 4.99 Å². The normalized spacial score (nSPS) is 16.9. The number of likely N-dealkylation sites (tertiary alicyclic amines) is 1. The van der Waals surface area contributed by atoms with Crippen LogP contribution in [0.5, 0.6) is 0 Å². The van der Waals surface area contributed by atoms with Crippen molar-refractivity contribution >= 4 is 5.96 Å². The van der Waals surface area contributed by atoms with Gasteiger partial charge in [-0.25, -0.2) is 4.99 Å². The Morgan fingerprint density at radius 1 is 1.24 bits per heavy atom. The molecule has 0 radical (unpaired) electrons. The lowest BCUT2D eigenvalue weighted by Gasteiger charge is -2.29. The van der Waals surface area contributed by atoms with E-state index in [1.807, 2.05) is 0 Å². The van der Waals surface area contributed by atoms with Crippen LogP contribution >= 0.6 is 0 Å². The van der Waals surface area contributed by atoms with Gasteiger partial charge in [0, 0.05) is 26.2 Å². The summed E-state index contributed by atoms with van der Waals surface area (Å²) in [6.45, 7) is 11.9. The van der Waals surface area contributed by atoms with Crippen molar-refractivity contribution in [2.45, 2.75) is 52.7 Å². The molecule has 140 valence electrons. The fraction of sp³-hybridized carbons (Fsp3) is 0.650. The molecule has 0 aliphatic carbocycles.